The maximum absolute atomic E-state index is 9.40. The van der Waals surface area contributed by atoms with Gasteiger partial charge in [0.15, 0.2) is 11.5 Å². The quantitative estimate of drug-likeness (QED) is 0.801. The number of aliphatic hydroxyl groups excluding tert-OH is 1. The fraction of sp³-hybridized carbons (Fsp3) is 0.286. The van der Waals surface area contributed by atoms with Crippen LogP contribution in [0, 0.1) is 6.92 Å². The van der Waals surface area contributed by atoms with Crippen molar-refractivity contribution in [1.29, 1.82) is 0 Å². The van der Waals surface area contributed by atoms with Crippen LogP contribution in [0.1, 0.15) is 11.4 Å². The first kappa shape index (κ1) is 13.8. The van der Waals surface area contributed by atoms with E-state index in [-0.39, 0.29) is 6.61 Å². The van der Waals surface area contributed by atoms with Crippen LogP contribution < -0.4 is 9.47 Å². The predicted molar refractivity (Wildman–Crippen MR) is 80.1 cm³/mol. The molecule has 0 bridgehead atoms. The number of nitrogens with zero attached hydrogens (tertiary/aromatic N) is 3. The highest BCUT2D eigenvalue weighted by atomic mass is 32.1. The van der Waals surface area contributed by atoms with Gasteiger partial charge in [0.05, 0.1) is 32.2 Å². The monoisotopic (exact) mass is 305 g/mol. The fourth-order valence-corrected chi connectivity index (χ4v) is 3.12. The topological polar surface area (TPSA) is 68.9 Å². The molecule has 0 aliphatic rings. The van der Waals surface area contributed by atoms with Crippen LogP contribution in [0.5, 0.6) is 11.5 Å². The van der Waals surface area contributed by atoms with Gasteiger partial charge in [-0.15, -0.1) is 0 Å². The lowest BCUT2D eigenvalue weighted by Gasteiger charge is -2.07. The van der Waals surface area contributed by atoms with E-state index in [1.54, 1.807) is 18.7 Å². The maximum atomic E-state index is 9.40. The van der Waals surface area contributed by atoms with Crippen LogP contribution in [0.25, 0.3) is 15.5 Å². The van der Waals surface area contributed by atoms with Gasteiger partial charge in [-0.25, -0.2) is 9.50 Å². The van der Waals surface area contributed by atoms with Gasteiger partial charge in [0.25, 0.3) is 0 Å². The lowest BCUT2D eigenvalue weighted by Crippen LogP contribution is -1.95. The molecule has 3 aromatic rings. The predicted octanol–water partition coefficient (Wildman–Crippen LogP) is 2.28. The van der Waals surface area contributed by atoms with E-state index in [1.807, 2.05) is 25.1 Å². The first-order valence-electron chi connectivity index (χ1n) is 6.36. The molecular weight excluding hydrogens is 290 g/mol. The number of benzene rings is 1. The molecule has 6 nitrogen and oxygen atoms in total. The van der Waals surface area contributed by atoms with Gasteiger partial charge in [-0.3, -0.25) is 0 Å². The molecule has 0 unspecified atom stereocenters. The Labute approximate surface area is 125 Å². The second kappa shape index (κ2) is 5.34. The summed E-state index contributed by atoms with van der Waals surface area (Å²) in [5.41, 5.74) is 2.44. The Bertz CT molecular complexity index is 794. The zero-order valence-electron chi connectivity index (χ0n) is 12.0. The molecule has 0 saturated carbocycles. The minimum Gasteiger partial charge on any atom is -0.493 e. The second-order valence-electron chi connectivity index (χ2n) is 4.47. The first-order chi connectivity index (χ1) is 10.2. The number of methoxy groups -OCH3 is 2. The van der Waals surface area contributed by atoms with Crippen molar-refractivity contribution in [3.63, 3.8) is 0 Å². The summed E-state index contributed by atoms with van der Waals surface area (Å²) in [4.78, 5) is 5.17. The van der Waals surface area contributed by atoms with Gasteiger partial charge in [0, 0.05) is 5.56 Å². The van der Waals surface area contributed by atoms with E-state index in [2.05, 4.69) is 10.1 Å². The Hall–Kier alpha value is -2.12. The van der Waals surface area contributed by atoms with Crippen molar-refractivity contribution < 1.29 is 14.6 Å². The van der Waals surface area contributed by atoms with Crippen LogP contribution in [-0.2, 0) is 6.61 Å². The normalized spacial score (nSPS) is 11.0. The van der Waals surface area contributed by atoms with E-state index in [1.165, 1.54) is 11.3 Å². The molecule has 2 aromatic heterocycles. The minimum atomic E-state index is -0.0812. The summed E-state index contributed by atoms with van der Waals surface area (Å²) in [7, 11) is 3.20. The number of hydrogen-bond acceptors (Lipinski definition) is 6. The van der Waals surface area contributed by atoms with E-state index in [9.17, 15) is 5.11 Å². The molecule has 1 N–H and O–H groups in total. The van der Waals surface area contributed by atoms with Crippen molar-refractivity contribution in [3.8, 4) is 22.1 Å². The number of aliphatic hydroxyl groups is 1. The molecule has 0 fully saturated rings. The zero-order valence-corrected chi connectivity index (χ0v) is 12.8. The molecular formula is C14H15N3O3S. The van der Waals surface area contributed by atoms with E-state index in [4.69, 9.17) is 9.47 Å². The first-order valence-corrected chi connectivity index (χ1v) is 7.18. The molecule has 110 valence electrons. The van der Waals surface area contributed by atoms with Crippen molar-refractivity contribution in [2.45, 2.75) is 13.5 Å². The molecule has 3 rings (SSSR count). The van der Waals surface area contributed by atoms with E-state index in [0.717, 1.165) is 21.2 Å². The molecule has 2 heterocycles. The summed E-state index contributed by atoms with van der Waals surface area (Å²) in [6, 6.07) is 5.64. The third-order valence-corrected chi connectivity index (χ3v) is 4.23. The highest BCUT2D eigenvalue weighted by molar-refractivity contribution is 7.19. The van der Waals surface area contributed by atoms with Gasteiger partial charge in [-0.1, -0.05) is 11.3 Å². The molecule has 0 radical (unpaired) electrons. The van der Waals surface area contributed by atoms with Crippen LogP contribution in [0.4, 0.5) is 0 Å². The average Bonchev–Trinajstić information content (AvgIpc) is 3.02. The summed E-state index contributed by atoms with van der Waals surface area (Å²) in [6.07, 6.45) is 0. The number of ether oxygens (including phenoxy) is 2. The molecule has 0 amide bonds. The molecule has 7 heteroatoms. The highest BCUT2D eigenvalue weighted by Crippen LogP contribution is 2.34. The summed E-state index contributed by atoms with van der Waals surface area (Å²) in [5, 5.41) is 14.7. The summed E-state index contributed by atoms with van der Waals surface area (Å²) < 4.78 is 12.2. The fourth-order valence-electron chi connectivity index (χ4n) is 2.16. The van der Waals surface area contributed by atoms with Crippen LogP contribution in [-0.4, -0.2) is 33.9 Å². The van der Waals surface area contributed by atoms with Crippen molar-refractivity contribution in [3.05, 3.63) is 29.6 Å². The van der Waals surface area contributed by atoms with Gasteiger partial charge < -0.3 is 14.6 Å². The summed E-state index contributed by atoms with van der Waals surface area (Å²) in [5.74, 6) is 1.33. The van der Waals surface area contributed by atoms with Crippen molar-refractivity contribution in [2.75, 3.05) is 14.2 Å². The SMILES string of the molecule is COc1ccc(-c2nn3c(CO)c(C)nc3s2)cc1OC. The lowest BCUT2D eigenvalue weighted by atomic mass is 10.2. The van der Waals surface area contributed by atoms with Gasteiger partial charge in [0.2, 0.25) is 4.96 Å². The largest absolute Gasteiger partial charge is 0.493 e. The zero-order chi connectivity index (χ0) is 15.0. The Kier molecular flexibility index (Phi) is 3.52. The van der Waals surface area contributed by atoms with Crippen molar-refractivity contribution in [2.24, 2.45) is 0 Å². The van der Waals surface area contributed by atoms with Crippen molar-refractivity contribution >= 4 is 16.3 Å². The van der Waals surface area contributed by atoms with Crippen molar-refractivity contribution in [1.82, 2.24) is 14.6 Å². The third-order valence-electron chi connectivity index (χ3n) is 3.28. The minimum absolute atomic E-state index is 0.0812. The van der Waals surface area contributed by atoms with Gasteiger partial charge >= 0.3 is 0 Å². The van der Waals surface area contributed by atoms with Crippen LogP contribution in [0.15, 0.2) is 18.2 Å². The molecule has 0 aliphatic heterocycles. The van der Waals surface area contributed by atoms with Crippen LogP contribution in [0.3, 0.4) is 0 Å². The second-order valence-corrected chi connectivity index (χ2v) is 5.43. The maximum Gasteiger partial charge on any atom is 0.213 e. The number of aromatic nitrogens is 3. The smallest absolute Gasteiger partial charge is 0.213 e. The molecule has 0 atom stereocenters. The third kappa shape index (κ3) is 2.24. The number of rotatable bonds is 4. The number of hydrogen-bond donors (Lipinski definition) is 1. The summed E-state index contributed by atoms with van der Waals surface area (Å²) >= 11 is 1.47. The van der Waals surface area contributed by atoms with Gasteiger partial charge in [-0.2, -0.15) is 5.10 Å². The van der Waals surface area contributed by atoms with E-state index in [0.29, 0.717) is 17.2 Å². The van der Waals surface area contributed by atoms with E-state index < -0.39 is 0 Å². The molecule has 0 saturated heterocycles. The van der Waals surface area contributed by atoms with Gasteiger partial charge in [0.1, 0.15) is 5.01 Å². The molecule has 21 heavy (non-hydrogen) atoms. The number of imidazole rings is 1. The Morgan fingerprint density at radius 1 is 1.24 bits per heavy atom. The summed E-state index contributed by atoms with van der Waals surface area (Å²) in [6.45, 7) is 1.78. The highest BCUT2D eigenvalue weighted by Gasteiger charge is 2.15. The molecule has 0 spiro atoms. The average molecular weight is 305 g/mol. The van der Waals surface area contributed by atoms with Gasteiger partial charge in [-0.05, 0) is 25.1 Å². The Morgan fingerprint density at radius 2 is 2.00 bits per heavy atom. The van der Waals surface area contributed by atoms with Crippen LogP contribution >= 0.6 is 11.3 Å². The molecule has 0 aliphatic carbocycles. The lowest BCUT2D eigenvalue weighted by molar-refractivity contribution is 0.273. The Balaban J connectivity index is 2.10. The van der Waals surface area contributed by atoms with E-state index >= 15 is 0 Å². The van der Waals surface area contributed by atoms with Crippen LogP contribution in [0.2, 0.25) is 0 Å². The number of aryl methyl sites for hydroxylation is 1. The number of fused-ring (bicyclic) bond motifs is 1. The standard InChI is InChI=1S/C14H15N3O3S/c1-8-10(7-18)17-14(15-8)21-13(16-17)9-4-5-11(19-2)12(6-9)20-3/h4-6,18H,7H2,1-3H3. The molecule has 1 aromatic carbocycles. The Morgan fingerprint density at radius 3 is 2.67 bits per heavy atom.